The van der Waals surface area contributed by atoms with Crippen molar-refractivity contribution in [3.63, 3.8) is 0 Å². The van der Waals surface area contributed by atoms with Gasteiger partial charge in [-0.2, -0.15) is 0 Å². The van der Waals surface area contributed by atoms with Gasteiger partial charge >= 0.3 is 0 Å². The Morgan fingerprint density at radius 1 is 1.24 bits per heavy atom. The van der Waals surface area contributed by atoms with Gasteiger partial charge in [-0.3, -0.25) is 9.78 Å². The summed E-state index contributed by atoms with van der Waals surface area (Å²) in [5, 5.41) is 10.5. The Hall–Kier alpha value is -2.66. The first-order valence-corrected chi connectivity index (χ1v) is 13.5. The number of carbonyl (C=O) groups excluding carboxylic acids is 1. The quantitative estimate of drug-likeness (QED) is 0.455. The van der Waals surface area contributed by atoms with Crippen LogP contribution in [0.5, 0.6) is 11.5 Å². The van der Waals surface area contributed by atoms with Crippen LogP contribution in [0.1, 0.15) is 22.2 Å². The third-order valence-electron chi connectivity index (χ3n) is 5.33. The van der Waals surface area contributed by atoms with E-state index >= 15 is 0 Å². The normalized spacial score (nSPS) is 14.2. The number of aliphatic hydroxyl groups excluding tert-OH is 1. The molecule has 1 aliphatic rings. The molecule has 34 heavy (non-hydrogen) atoms. The number of fused-ring (bicyclic) bond motifs is 1. The highest BCUT2D eigenvalue weighted by molar-refractivity contribution is 7.91. The summed E-state index contributed by atoms with van der Waals surface area (Å²) in [6.45, 7) is 1.74. The van der Waals surface area contributed by atoms with Crippen molar-refractivity contribution >= 4 is 44.4 Å². The lowest BCUT2D eigenvalue weighted by molar-refractivity contribution is 0.1000. The minimum absolute atomic E-state index is 0.0465. The summed E-state index contributed by atoms with van der Waals surface area (Å²) >= 11 is 7.30. The molecule has 1 amide bonds. The Bertz CT molecular complexity index is 1310. The minimum Gasteiger partial charge on any atom is -0.493 e. The zero-order chi connectivity index (χ0) is 24.5. The highest BCUT2D eigenvalue weighted by atomic mass is 35.5. The monoisotopic (exact) mass is 522 g/mol. The average Bonchev–Trinajstić information content (AvgIpc) is 3.37. The number of thiophene rings is 1. The number of amides is 1. The van der Waals surface area contributed by atoms with E-state index in [4.69, 9.17) is 21.1 Å². The number of carbonyl (C=O) groups is 1. The van der Waals surface area contributed by atoms with Crippen LogP contribution < -0.4 is 14.4 Å². The summed E-state index contributed by atoms with van der Waals surface area (Å²) in [5.41, 5.74) is 2.32. The molecule has 0 bridgehead atoms. The van der Waals surface area contributed by atoms with Crippen molar-refractivity contribution in [3.05, 3.63) is 58.1 Å². The second-order valence-electron chi connectivity index (χ2n) is 7.72. The Kier molecular flexibility index (Phi) is 7.13. The number of pyridine rings is 1. The topological polar surface area (TPSA) is 106 Å². The fraction of sp³-hybridized carbons (Fsp3) is 0.304. The zero-order valence-corrected chi connectivity index (χ0v) is 20.9. The van der Waals surface area contributed by atoms with E-state index in [1.54, 1.807) is 35.4 Å². The maximum Gasteiger partial charge on any atom is 0.269 e. The third-order valence-corrected chi connectivity index (χ3v) is 8.52. The number of benzene rings is 1. The van der Waals surface area contributed by atoms with E-state index < -0.39 is 15.9 Å². The number of methoxy groups -OCH3 is 1. The highest BCUT2D eigenvalue weighted by Crippen LogP contribution is 2.40. The van der Waals surface area contributed by atoms with Crippen LogP contribution in [0.25, 0.3) is 10.6 Å². The Labute approximate surface area is 206 Å². The van der Waals surface area contributed by atoms with Crippen LogP contribution in [0.2, 0.25) is 5.02 Å². The molecule has 0 saturated carbocycles. The van der Waals surface area contributed by atoms with E-state index in [1.807, 2.05) is 12.1 Å². The number of anilines is 1. The average molecular weight is 523 g/mol. The van der Waals surface area contributed by atoms with E-state index in [-0.39, 0.29) is 24.0 Å². The maximum absolute atomic E-state index is 13.1. The number of nitrogens with zero attached hydrogens (tertiary/aromatic N) is 2. The first-order valence-electron chi connectivity index (χ1n) is 10.5. The van der Waals surface area contributed by atoms with Crippen LogP contribution in [0.3, 0.4) is 0 Å². The van der Waals surface area contributed by atoms with Crippen LogP contribution in [0.4, 0.5) is 5.69 Å². The number of sulfone groups is 1. The van der Waals surface area contributed by atoms with Crippen molar-refractivity contribution in [1.29, 1.82) is 0 Å². The van der Waals surface area contributed by atoms with E-state index in [0.717, 1.165) is 16.1 Å². The molecule has 3 heterocycles. The van der Waals surface area contributed by atoms with Gasteiger partial charge in [-0.15, -0.1) is 11.3 Å². The van der Waals surface area contributed by atoms with E-state index in [2.05, 4.69) is 4.98 Å². The molecule has 0 aliphatic carbocycles. The first-order chi connectivity index (χ1) is 16.2. The molecule has 0 spiro atoms. The van der Waals surface area contributed by atoms with Crippen molar-refractivity contribution < 1.29 is 27.8 Å². The van der Waals surface area contributed by atoms with Crippen molar-refractivity contribution in [2.24, 2.45) is 0 Å². The van der Waals surface area contributed by atoms with Crippen molar-refractivity contribution in [2.75, 3.05) is 30.1 Å². The Morgan fingerprint density at radius 3 is 2.68 bits per heavy atom. The van der Waals surface area contributed by atoms with Crippen molar-refractivity contribution in [3.8, 4) is 22.1 Å². The molecule has 180 valence electrons. The maximum atomic E-state index is 13.1. The van der Waals surface area contributed by atoms with Gasteiger partial charge in [-0.1, -0.05) is 18.5 Å². The van der Waals surface area contributed by atoms with Crippen molar-refractivity contribution in [2.45, 2.75) is 19.6 Å². The SMILES string of the molecule is CCS(=O)(=O)C[C@H](O)COc1ccc(N2Cc3cc(-c4ccc(Cl)cn4)sc3C2=O)cc1OC. The van der Waals surface area contributed by atoms with Gasteiger partial charge in [0.05, 0.1) is 39.9 Å². The van der Waals surface area contributed by atoms with E-state index in [9.17, 15) is 18.3 Å². The number of halogens is 1. The number of hydrogen-bond donors (Lipinski definition) is 1. The van der Waals surface area contributed by atoms with Gasteiger partial charge in [-0.25, -0.2) is 8.42 Å². The number of aromatic nitrogens is 1. The van der Waals surface area contributed by atoms with Gasteiger partial charge in [0.2, 0.25) is 0 Å². The van der Waals surface area contributed by atoms with Crippen LogP contribution in [-0.4, -0.2) is 55.7 Å². The third kappa shape index (κ3) is 5.20. The van der Waals surface area contributed by atoms with Crippen LogP contribution >= 0.6 is 22.9 Å². The zero-order valence-electron chi connectivity index (χ0n) is 18.5. The van der Waals surface area contributed by atoms with Gasteiger partial charge in [-0.05, 0) is 35.9 Å². The molecule has 0 radical (unpaired) electrons. The molecule has 0 fully saturated rings. The standard InChI is InChI=1S/C23H23ClN2O6S2/c1-3-34(29,30)13-17(27)12-32-19-7-5-16(9-20(19)31-2)26-11-14-8-21(33-22(14)23(26)28)18-6-4-15(24)10-25-18/h4-10,17,27H,3,11-13H2,1-2H3/t17-/m1/s1. The predicted molar refractivity (Wildman–Crippen MR) is 132 cm³/mol. The molecule has 3 aromatic rings. The minimum atomic E-state index is -3.32. The number of hydrogen-bond acceptors (Lipinski definition) is 8. The lowest BCUT2D eigenvalue weighted by atomic mass is 10.2. The Balaban J connectivity index is 1.47. The summed E-state index contributed by atoms with van der Waals surface area (Å²) in [7, 11) is -1.85. The van der Waals surface area contributed by atoms with Crippen LogP contribution in [0.15, 0.2) is 42.6 Å². The fourth-order valence-corrected chi connectivity index (χ4v) is 5.67. The second kappa shape index (κ2) is 9.91. The molecule has 4 rings (SSSR count). The largest absolute Gasteiger partial charge is 0.493 e. The fourth-order valence-electron chi connectivity index (χ4n) is 3.54. The van der Waals surface area contributed by atoms with Gasteiger partial charge in [0.25, 0.3) is 5.91 Å². The molecule has 8 nitrogen and oxygen atoms in total. The second-order valence-corrected chi connectivity index (χ2v) is 11.6. The number of aliphatic hydroxyl groups is 1. The van der Waals surface area contributed by atoms with Gasteiger partial charge in [0, 0.05) is 23.7 Å². The molecule has 2 aromatic heterocycles. The molecule has 1 N–H and O–H groups in total. The molecular formula is C23H23ClN2O6S2. The lowest BCUT2D eigenvalue weighted by Gasteiger charge is -2.19. The van der Waals surface area contributed by atoms with Gasteiger partial charge in [0.1, 0.15) is 12.7 Å². The summed E-state index contributed by atoms with van der Waals surface area (Å²) in [5.74, 6) is 0.182. The first kappa shape index (κ1) is 24.5. The summed E-state index contributed by atoms with van der Waals surface area (Å²) in [6, 6.07) is 10.6. The summed E-state index contributed by atoms with van der Waals surface area (Å²) in [4.78, 5) is 20.6. The molecule has 1 aromatic carbocycles. The van der Waals surface area contributed by atoms with E-state index in [1.165, 1.54) is 25.4 Å². The van der Waals surface area contributed by atoms with Crippen LogP contribution in [0, 0.1) is 0 Å². The lowest BCUT2D eigenvalue weighted by Crippen LogP contribution is -2.28. The summed E-state index contributed by atoms with van der Waals surface area (Å²) < 4.78 is 34.3. The molecule has 1 atom stereocenters. The highest BCUT2D eigenvalue weighted by Gasteiger charge is 2.32. The Morgan fingerprint density at radius 2 is 2.03 bits per heavy atom. The van der Waals surface area contributed by atoms with Crippen LogP contribution in [-0.2, 0) is 16.4 Å². The molecule has 11 heteroatoms. The summed E-state index contributed by atoms with van der Waals surface area (Å²) in [6.07, 6.45) is 0.419. The van der Waals surface area contributed by atoms with E-state index in [0.29, 0.717) is 33.6 Å². The van der Waals surface area contributed by atoms with Gasteiger partial charge in [0.15, 0.2) is 21.3 Å². The molecule has 0 saturated heterocycles. The van der Waals surface area contributed by atoms with Gasteiger partial charge < -0.3 is 19.5 Å². The predicted octanol–water partition coefficient (Wildman–Crippen LogP) is 3.81. The van der Waals surface area contributed by atoms with Crippen molar-refractivity contribution in [1.82, 2.24) is 4.98 Å². The molecule has 1 aliphatic heterocycles. The number of rotatable bonds is 9. The number of ether oxygens (including phenoxy) is 2. The smallest absolute Gasteiger partial charge is 0.269 e. The molecule has 0 unspecified atom stereocenters. The molecular weight excluding hydrogens is 500 g/mol.